The molecule has 0 unspecified atom stereocenters. The molecule has 26 heavy (non-hydrogen) atoms. The zero-order chi connectivity index (χ0) is 17.9. The van der Waals surface area contributed by atoms with E-state index in [1.165, 1.54) is 12.1 Å². The number of amides is 1. The van der Waals surface area contributed by atoms with Crippen molar-refractivity contribution in [2.45, 2.75) is 31.9 Å². The molecule has 1 aliphatic carbocycles. The minimum Gasteiger partial charge on any atom is -0.390 e. The van der Waals surface area contributed by atoms with Crippen LogP contribution in [0, 0.1) is 11.7 Å². The van der Waals surface area contributed by atoms with Gasteiger partial charge in [-0.05, 0) is 30.5 Å². The second-order valence-corrected chi connectivity index (χ2v) is 6.96. The van der Waals surface area contributed by atoms with Crippen LogP contribution in [0.4, 0.5) is 4.39 Å². The predicted molar refractivity (Wildman–Crippen MR) is 97.0 cm³/mol. The number of rotatable bonds is 6. The third kappa shape index (κ3) is 3.93. The predicted octanol–water partition coefficient (Wildman–Crippen LogP) is 3.76. The maximum atomic E-state index is 13.4. The molecule has 134 valence electrons. The van der Waals surface area contributed by atoms with Crippen molar-refractivity contribution in [3.8, 4) is 0 Å². The third-order valence-corrected chi connectivity index (χ3v) is 4.77. The molecule has 1 heterocycles. The highest BCUT2D eigenvalue weighted by atomic mass is 19.1. The fourth-order valence-corrected chi connectivity index (χ4v) is 3.24. The average Bonchev–Trinajstić information content (AvgIpc) is 3.40. The number of halogens is 1. The Bertz CT molecular complexity index is 818. The van der Waals surface area contributed by atoms with E-state index in [0.29, 0.717) is 19.5 Å². The molecule has 2 aromatic carbocycles. The van der Waals surface area contributed by atoms with Crippen molar-refractivity contribution in [1.82, 2.24) is 4.90 Å². The Morgan fingerprint density at radius 1 is 1.15 bits per heavy atom. The molecule has 1 fully saturated rings. The lowest BCUT2D eigenvalue weighted by atomic mass is 10.0. The summed E-state index contributed by atoms with van der Waals surface area (Å²) < 4.78 is 13.4. The Hall–Kier alpha value is -2.69. The van der Waals surface area contributed by atoms with E-state index in [1.54, 1.807) is 6.07 Å². The Morgan fingerprint density at radius 3 is 2.69 bits per heavy atom. The summed E-state index contributed by atoms with van der Waals surface area (Å²) in [6.45, 7) is 1.07. The van der Waals surface area contributed by atoms with Gasteiger partial charge in [0.1, 0.15) is 5.82 Å². The lowest BCUT2D eigenvalue weighted by molar-refractivity contribution is -0.135. The van der Waals surface area contributed by atoms with E-state index in [2.05, 4.69) is 5.16 Å². The summed E-state index contributed by atoms with van der Waals surface area (Å²) in [6.07, 6.45) is 2.33. The Labute approximate surface area is 152 Å². The Balaban J connectivity index is 1.42. The lowest BCUT2D eigenvalue weighted by Crippen LogP contribution is -2.38. The van der Waals surface area contributed by atoms with E-state index in [9.17, 15) is 9.18 Å². The second-order valence-electron chi connectivity index (χ2n) is 6.96. The van der Waals surface area contributed by atoms with Gasteiger partial charge in [-0.25, -0.2) is 4.39 Å². The monoisotopic (exact) mass is 352 g/mol. The minimum absolute atomic E-state index is 0.156. The molecule has 2 aliphatic rings. The first-order valence-electron chi connectivity index (χ1n) is 9.00. The van der Waals surface area contributed by atoms with Crippen LogP contribution in [0.15, 0.2) is 59.8 Å². The zero-order valence-electron chi connectivity index (χ0n) is 14.5. The number of nitrogens with zero attached hydrogens (tertiary/aromatic N) is 2. The summed E-state index contributed by atoms with van der Waals surface area (Å²) >= 11 is 0. The molecular weight excluding hydrogens is 331 g/mol. The van der Waals surface area contributed by atoms with Crippen molar-refractivity contribution in [3.63, 3.8) is 0 Å². The molecule has 4 rings (SSSR count). The molecule has 5 heteroatoms. The van der Waals surface area contributed by atoms with Crippen LogP contribution in [0.1, 0.15) is 30.4 Å². The molecule has 0 radical (unpaired) electrons. The van der Waals surface area contributed by atoms with Gasteiger partial charge in [-0.1, -0.05) is 47.6 Å². The van der Waals surface area contributed by atoms with Gasteiger partial charge in [0.25, 0.3) is 0 Å². The van der Waals surface area contributed by atoms with Gasteiger partial charge < -0.3 is 9.74 Å². The fourth-order valence-electron chi connectivity index (χ4n) is 3.24. The first kappa shape index (κ1) is 16.8. The van der Waals surface area contributed by atoms with Crippen molar-refractivity contribution < 1.29 is 14.0 Å². The molecule has 1 atom stereocenters. The number of benzene rings is 2. The lowest BCUT2D eigenvalue weighted by Gasteiger charge is -2.25. The van der Waals surface area contributed by atoms with Gasteiger partial charge in [-0.3, -0.25) is 4.79 Å². The molecule has 4 nitrogen and oxygen atoms in total. The van der Waals surface area contributed by atoms with Crippen LogP contribution in [0.5, 0.6) is 0 Å². The standard InChI is InChI=1S/C21H21FN2O2/c22-18-8-4-7-17(11-18)20-12-19(26-23-20)14-24(21(25)16-9-10-16)13-15-5-2-1-3-6-15/h1-8,11,16,19H,9-10,12-14H2/t19-/m0/s1. The summed E-state index contributed by atoms with van der Waals surface area (Å²) in [6, 6.07) is 16.3. The Kier molecular flexibility index (Phi) is 4.69. The highest BCUT2D eigenvalue weighted by Gasteiger charge is 2.35. The summed E-state index contributed by atoms with van der Waals surface area (Å²) in [5.41, 5.74) is 2.56. The molecule has 1 amide bonds. The van der Waals surface area contributed by atoms with E-state index in [1.807, 2.05) is 41.3 Å². The fraction of sp³-hybridized carbons (Fsp3) is 0.333. The maximum absolute atomic E-state index is 13.4. The minimum atomic E-state index is -0.289. The van der Waals surface area contributed by atoms with E-state index in [0.717, 1.165) is 29.7 Å². The highest BCUT2D eigenvalue weighted by molar-refractivity contribution is 6.01. The van der Waals surface area contributed by atoms with Gasteiger partial charge in [0.05, 0.1) is 12.3 Å². The van der Waals surface area contributed by atoms with Crippen LogP contribution < -0.4 is 0 Å². The van der Waals surface area contributed by atoms with Crippen LogP contribution in [0.25, 0.3) is 0 Å². The molecule has 2 aromatic rings. The number of hydrogen-bond donors (Lipinski definition) is 0. The van der Waals surface area contributed by atoms with E-state index in [-0.39, 0.29) is 23.7 Å². The second kappa shape index (κ2) is 7.28. The quantitative estimate of drug-likeness (QED) is 0.794. The summed E-state index contributed by atoms with van der Waals surface area (Å²) in [5.74, 6) is 0.0589. The number of carbonyl (C=O) groups is 1. The summed E-state index contributed by atoms with van der Waals surface area (Å²) in [4.78, 5) is 20.1. The van der Waals surface area contributed by atoms with E-state index >= 15 is 0 Å². The van der Waals surface area contributed by atoms with Crippen LogP contribution in [0.2, 0.25) is 0 Å². The van der Waals surface area contributed by atoms with Crippen molar-refractivity contribution in [2.24, 2.45) is 11.1 Å². The summed E-state index contributed by atoms with van der Waals surface area (Å²) in [7, 11) is 0. The summed E-state index contributed by atoms with van der Waals surface area (Å²) in [5, 5.41) is 4.12. The van der Waals surface area contributed by atoms with Gasteiger partial charge in [0.15, 0.2) is 6.10 Å². The molecule has 0 saturated heterocycles. The number of carbonyl (C=O) groups excluding carboxylic acids is 1. The first-order chi connectivity index (χ1) is 12.7. The van der Waals surface area contributed by atoms with Crippen molar-refractivity contribution in [2.75, 3.05) is 6.54 Å². The average molecular weight is 352 g/mol. The van der Waals surface area contributed by atoms with Crippen molar-refractivity contribution >= 4 is 11.6 Å². The normalized spacial score (nSPS) is 19.0. The van der Waals surface area contributed by atoms with Crippen LogP contribution in [0.3, 0.4) is 0 Å². The molecule has 0 bridgehead atoms. The Morgan fingerprint density at radius 2 is 1.96 bits per heavy atom. The highest BCUT2D eigenvalue weighted by Crippen LogP contribution is 2.32. The molecule has 0 spiro atoms. The number of hydrogen-bond acceptors (Lipinski definition) is 3. The van der Waals surface area contributed by atoms with E-state index in [4.69, 9.17) is 4.84 Å². The van der Waals surface area contributed by atoms with Crippen LogP contribution >= 0.6 is 0 Å². The molecule has 0 N–H and O–H groups in total. The smallest absolute Gasteiger partial charge is 0.226 e. The van der Waals surface area contributed by atoms with Gasteiger partial charge in [0.2, 0.25) is 5.91 Å². The van der Waals surface area contributed by atoms with Gasteiger partial charge in [-0.15, -0.1) is 0 Å². The van der Waals surface area contributed by atoms with Gasteiger partial charge in [0, 0.05) is 24.4 Å². The molecule has 0 aromatic heterocycles. The first-order valence-corrected chi connectivity index (χ1v) is 9.00. The van der Waals surface area contributed by atoms with Gasteiger partial charge in [-0.2, -0.15) is 0 Å². The zero-order valence-corrected chi connectivity index (χ0v) is 14.5. The SMILES string of the molecule is O=C(C1CC1)N(Cc1ccccc1)C[C@@H]1CC(c2cccc(F)c2)=NO1. The van der Waals surface area contributed by atoms with Crippen molar-refractivity contribution in [3.05, 3.63) is 71.5 Å². The van der Waals surface area contributed by atoms with Crippen molar-refractivity contribution in [1.29, 1.82) is 0 Å². The van der Waals surface area contributed by atoms with E-state index < -0.39 is 0 Å². The number of oxime groups is 1. The largest absolute Gasteiger partial charge is 0.390 e. The maximum Gasteiger partial charge on any atom is 0.226 e. The molecule has 1 aliphatic heterocycles. The van der Waals surface area contributed by atoms with Gasteiger partial charge >= 0.3 is 0 Å². The molecular formula is C21H21FN2O2. The third-order valence-electron chi connectivity index (χ3n) is 4.77. The topological polar surface area (TPSA) is 41.9 Å². The van der Waals surface area contributed by atoms with Crippen LogP contribution in [-0.2, 0) is 16.2 Å². The molecule has 1 saturated carbocycles. The van der Waals surface area contributed by atoms with Crippen LogP contribution in [-0.4, -0.2) is 29.2 Å².